The van der Waals surface area contributed by atoms with Gasteiger partial charge in [-0.1, -0.05) is 24.3 Å². The van der Waals surface area contributed by atoms with E-state index in [-0.39, 0.29) is 17.6 Å². The Kier molecular flexibility index (Phi) is 6.05. The molecule has 128 valence electrons. The molecule has 0 unspecified atom stereocenters. The number of aromatic carboxylic acids is 1. The van der Waals surface area contributed by atoms with E-state index >= 15 is 0 Å². The monoisotopic (exact) mass is 347 g/mol. The van der Waals surface area contributed by atoms with Crippen molar-refractivity contribution in [1.82, 2.24) is 15.2 Å². The summed E-state index contributed by atoms with van der Waals surface area (Å²) in [5.41, 5.74) is 2.09. The summed E-state index contributed by atoms with van der Waals surface area (Å²) in [5, 5.41) is 14.0. The molecule has 0 bridgehead atoms. The molecule has 0 saturated heterocycles. The van der Waals surface area contributed by atoms with Crippen LogP contribution in [0.25, 0.3) is 0 Å². The van der Waals surface area contributed by atoms with Gasteiger partial charge in [-0.3, -0.25) is 9.69 Å². The third kappa shape index (κ3) is 4.39. The topological polar surface area (TPSA) is 82.5 Å². The fourth-order valence-corrected chi connectivity index (χ4v) is 3.23. The van der Waals surface area contributed by atoms with E-state index in [4.69, 9.17) is 5.11 Å². The van der Waals surface area contributed by atoms with Crippen molar-refractivity contribution >= 4 is 23.2 Å². The second-order valence-corrected chi connectivity index (χ2v) is 6.64. The van der Waals surface area contributed by atoms with Gasteiger partial charge in [0.25, 0.3) is 0 Å². The lowest BCUT2D eigenvalue weighted by atomic mass is 10.00. The van der Waals surface area contributed by atoms with Crippen molar-refractivity contribution in [3.8, 4) is 0 Å². The summed E-state index contributed by atoms with van der Waals surface area (Å²) >= 11 is 1.29. The zero-order chi connectivity index (χ0) is 17.7. The summed E-state index contributed by atoms with van der Waals surface area (Å²) < 4.78 is 0. The molecule has 0 aliphatic heterocycles. The molecule has 2 N–H and O–H groups in total. The number of aromatic nitrogens is 1. The summed E-state index contributed by atoms with van der Waals surface area (Å²) in [5.74, 6) is -1.11. The number of aryl methyl sites for hydroxylation is 1. The summed E-state index contributed by atoms with van der Waals surface area (Å²) in [4.78, 5) is 29.3. The van der Waals surface area contributed by atoms with Crippen LogP contribution in [0, 0.1) is 6.92 Å². The molecule has 1 heterocycles. The Morgan fingerprint density at radius 2 is 2.04 bits per heavy atom. The minimum Gasteiger partial charge on any atom is -0.476 e. The lowest BCUT2D eigenvalue weighted by Crippen LogP contribution is -2.38. The molecule has 1 atom stereocenters. The van der Waals surface area contributed by atoms with Gasteiger partial charge in [-0.2, -0.15) is 0 Å². The predicted octanol–water partition coefficient (Wildman–Crippen LogP) is 2.11. The number of amides is 1. The maximum atomic E-state index is 12.6. The molecule has 0 saturated carbocycles. The fourth-order valence-electron chi connectivity index (χ4n) is 2.46. The van der Waals surface area contributed by atoms with E-state index in [1.54, 1.807) is 0 Å². The van der Waals surface area contributed by atoms with Gasteiger partial charge in [-0.05, 0) is 32.1 Å². The summed E-state index contributed by atoms with van der Waals surface area (Å²) in [6, 6.07) is 7.46. The molecular weight excluding hydrogens is 326 g/mol. The largest absolute Gasteiger partial charge is 0.476 e. The van der Waals surface area contributed by atoms with E-state index in [9.17, 15) is 9.59 Å². The molecule has 0 radical (unpaired) electrons. The second kappa shape index (κ2) is 8.03. The zero-order valence-electron chi connectivity index (χ0n) is 13.9. The highest BCUT2D eigenvalue weighted by Gasteiger charge is 2.23. The van der Waals surface area contributed by atoms with Crippen LogP contribution in [-0.2, 0) is 11.2 Å². The van der Waals surface area contributed by atoms with E-state index in [2.05, 4.69) is 10.3 Å². The third-order valence-electron chi connectivity index (χ3n) is 3.66. The van der Waals surface area contributed by atoms with Gasteiger partial charge in [-0.15, -0.1) is 11.3 Å². The Bertz CT molecular complexity index is 727. The van der Waals surface area contributed by atoms with Gasteiger partial charge in [0.15, 0.2) is 5.69 Å². The Balaban J connectivity index is 1.98. The minimum absolute atomic E-state index is 0.0485. The van der Waals surface area contributed by atoms with Gasteiger partial charge in [0, 0.05) is 18.3 Å². The average Bonchev–Trinajstić information content (AvgIpc) is 2.98. The van der Waals surface area contributed by atoms with Crippen molar-refractivity contribution in [1.29, 1.82) is 0 Å². The third-order valence-corrected chi connectivity index (χ3v) is 4.57. The second-order valence-electron chi connectivity index (χ2n) is 5.70. The SMILES string of the molecule is Cc1ccccc1[C@H](C(=O)NCCc1nc(C(=O)O)cs1)N(C)C. The van der Waals surface area contributed by atoms with Crippen LogP contribution in [0.15, 0.2) is 29.6 Å². The molecular formula is C17H21N3O3S. The molecule has 2 rings (SSSR count). The molecule has 0 fully saturated rings. The normalized spacial score (nSPS) is 12.2. The van der Waals surface area contributed by atoms with Crippen LogP contribution in [0.4, 0.5) is 0 Å². The van der Waals surface area contributed by atoms with E-state index in [1.165, 1.54) is 16.7 Å². The van der Waals surface area contributed by atoms with Crippen LogP contribution in [0.1, 0.15) is 32.7 Å². The number of likely N-dealkylation sites (N-methyl/N-ethyl adjacent to an activating group) is 1. The number of benzene rings is 1. The van der Waals surface area contributed by atoms with Crippen LogP contribution in [0.3, 0.4) is 0 Å². The molecule has 24 heavy (non-hydrogen) atoms. The first-order valence-electron chi connectivity index (χ1n) is 7.57. The van der Waals surface area contributed by atoms with E-state index in [1.807, 2.05) is 50.2 Å². The molecule has 0 spiro atoms. The Labute approximate surface area is 145 Å². The Morgan fingerprint density at radius 3 is 2.62 bits per heavy atom. The Morgan fingerprint density at radius 1 is 1.33 bits per heavy atom. The summed E-state index contributed by atoms with van der Waals surface area (Å²) in [7, 11) is 3.74. The van der Waals surface area contributed by atoms with Crippen molar-refractivity contribution in [2.45, 2.75) is 19.4 Å². The first-order chi connectivity index (χ1) is 11.4. The average molecular weight is 347 g/mol. The number of hydrogen-bond acceptors (Lipinski definition) is 5. The van der Waals surface area contributed by atoms with Gasteiger partial charge in [-0.25, -0.2) is 9.78 Å². The zero-order valence-corrected chi connectivity index (χ0v) is 14.8. The highest BCUT2D eigenvalue weighted by Crippen LogP contribution is 2.22. The Hall–Kier alpha value is -2.25. The number of nitrogens with zero attached hydrogens (tertiary/aromatic N) is 2. The van der Waals surface area contributed by atoms with Gasteiger partial charge < -0.3 is 10.4 Å². The molecule has 2 aromatic rings. The lowest BCUT2D eigenvalue weighted by Gasteiger charge is -2.25. The van der Waals surface area contributed by atoms with Gasteiger partial charge in [0.1, 0.15) is 6.04 Å². The highest BCUT2D eigenvalue weighted by molar-refractivity contribution is 7.09. The summed E-state index contributed by atoms with van der Waals surface area (Å²) in [6.45, 7) is 2.41. The molecule has 1 aromatic heterocycles. The van der Waals surface area contributed by atoms with Crippen LogP contribution in [0.2, 0.25) is 0 Å². The van der Waals surface area contributed by atoms with Crippen LogP contribution in [-0.4, -0.2) is 47.5 Å². The number of carbonyl (C=O) groups is 2. The maximum Gasteiger partial charge on any atom is 0.355 e. The molecule has 7 heteroatoms. The van der Waals surface area contributed by atoms with Gasteiger partial charge in [0.2, 0.25) is 5.91 Å². The molecule has 0 aliphatic carbocycles. The highest BCUT2D eigenvalue weighted by atomic mass is 32.1. The first kappa shape index (κ1) is 18.1. The van der Waals surface area contributed by atoms with Crippen molar-refractivity contribution < 1.29 is 14.7 Å². The standard InChI is InChI=1S/C17H21N3O3S/c1-11-6-4-5-7-12(11)15(20(2)3)16(21)18-9-8-14-19-13(10-24-14)17(22)23/h4-7,10,15H,8-9H2,1-3H3,(H,18,21)(H,22,23)/t15-/m1/s1. The lowest BCUT2D eigenvalue weighted by molar-refractivity contribution is -0.125. The van der Waals surface area contributed by atoms with Crippen molar-refractivity contribution in [2.24, 2.45) is 0 Å². The van der Waals surface area contributed by atoms with Crippen LogP contribution >= 0.6 is 11.3 Å². The molecule has 0 aliphatic rings. The predicted molar refractivity (Wildman–Crippen MR) is 93.4 cm³/mol. The van der Waals surface area contributed by atoms with E-state index in [0.717, 1.165) is 11.1 Å². The number of carboxylic acid groups (broad SMARTS) is 1. The van der Waals surface area contributed by atoms with Gasteiger partial charge >= 0.3 is 5.97 Å². The van der Waals surface area contributed by atoms with E-state index < -0.39 is 5.97 Å². The number of nitrogens with one attached hydrogen (secondary N) is 1. The molecule has 1 amide bonds. The number of hydrogen-bond donors (Lipinski definition) is 2. The summed E-state index contributed by atoms with van der Waals surface area (Å²) in [6.07, 6.45) is 0.512. The first-order valence-corrected chi connectivity index (χ1v) is 8.45. The van der Waals surface area contributed by atoms with Gasteiger partial charge in [0.05, 0.1) is 5.01 Å². The fraction of sp³-hybridized carbons (Fsp3) is 0.353. The van der Waals surface area contributed by atoms with Crippen molar-refractivity contribution in [3.05, 3.63) is 51.5 Å². The van der Waals surface area contributed by atoms with Crippen LogP contribution < -0.4 is 5.32 Å². The van der Waals surface area contributed by atoms with Crippen molar-refractivity contribution in [3.63, 3.8) is 0 Å². The smallest absolute Gasteiger partial charge is 0.355 e. The number of rotatable bonds is 7. The number of carbonyl (C=O) groups excluding carboxylic acids is 1. The quantitative estimate of drug-likeness (QED) is 0.802. The maximum absolute atomic E-state index is 12.6. The minimum atomic E-state index is -1.03. The number of carboxylic acids is 1. The van der Waals surface area contributed by atoms with E-state index in [0.29, 0.717) is 18.0 Å². The molecule has 1 aromatic carbocycles. The number of thiazole rings is 1. The van der Waals surface area contributed by atoms with Crippen LogP contribution in [0.5, 0.6) is 0 Å². The van der Waals surface area contributed by atoms with Crippen molar-refractivity contribution in [2.75, 3.05) is 20.6 Å². The molecule has 6 nitrogen and oxygen atoms in total.